The summed E-state index contributed by atoms with van der Waals surface area (Å²) >= 11 is 0. The van der Waals surface area contributed by atoms with Crippen molar-refractivity contribution in [2.75, 3.05) is 39.1 Å². The van der Waals surface area contributed by atoms with Crippen LogP contribution in [-0.2, 0) is 19.6 Å². The number of fused-ring (bicyclic) bond motifs is 1. The molecular formula is C15H21N3O4S. The van der Waals surface area contributed by atoms with Crippen LogP contribution in [0.3, 0.4) is 0 Å². The molecule has 0 radical (unpaired) electrons. The maximum atomic E-state index is 12.7. The summed E-state index contributed by atoms with van der Waals surface area (Å²) in [6.07, 6.45) is 7.01. The lowest BCUT2D eigenvalue weighted by Gasteiger charge is -2.34. The number of hydrogen-bond acceptors (Lipinski definition) is 5. The summed E-state index contributed by atoms with van der Waals surface area (Å²) in [6, 6.07) is 0. The van der Waals surface area contributed by atoms with Crippen LogP contribution in [0.25, 0.3) is 0 Å². The van der Waals surface area contributed by atoms with E-state index in [1.807, 2.05) is 4.90 Å². The minimum atomic E-state index is -3.37. The first-order chi connectivity index (χ1) is 11.0. The van der Waals surface area contributed by atoms with Crippen molar-refractivity contribution in [2.24, 2.45) is 10.3 Å². The lowest BCUT2D eigenvalue weighted by molar-refractivity contribution is -0.129. The van der Waals surface area contributed by atoms with Gasteiger partial charge >= 0.3 is 0 Å². The number of rotatable bonds is 3. The van der Waals surface area contributed by atoms with Gasteiger partial charge in [-0.2, -0.15) is 0 Å². The molecule has 126 valence electrons. The summed E-state index contributed by atoms with van der Waals surface area (Å²) in [7, 11) is -1.69. The minimum Gasteiger partial charge on any atom is -0.384 e. The summed E-state index contributed by atoms with van der Waals surface area (Å²) in [4.78, 5) is 16.3. The molecule has 3 heterocycles. The van der Waals surface area contributed by atoms with Gasteiger partial charge in [-0.05, 0) is 30.9 Å². The van der Waals surface area contributed by atoms with Gasteiger partial charge in [-0.25, -0.2) is 8.42 Å². The zero-order chi connectivity index (χ0) is 16.4. The highest BCUT2D eigenvalue weighted by atomic mass is 32.2. The molecule has 0 saturated carbocycles. The van der Waals surface area contributed by atoms with Crippen molar-refractivity contribution in [1.29, 1.82) is 0 Å². The van der Waals surface area contributed by atoms with Crippen LogP contribution in [0.1, 0.15) is 12.8 Å². The van der Waals surface area contributed by atoms with Gasteiger partial charge in [0.15, 0.2) is 0 Å². The van der Waals surface area contributed by atoms with Gasteiger partial charge in [0.1, 0.15) is 5.84 Å². The molecule has 7 nitrogen and oxygen atoms in total. The number of carbonyl (C=O) groups excluding carboxylic acids is 1. The number of carbonyl (C=O) groups is 1. The smallest absolute Gasteiger partial charge is 0.256 e. The Bertz CT molecular complexity index is 679. The van der Waals surface area contributed by atoms with Crippen LogP contribution in [0, 0.1) is 5.92 Å². The van der Waals surface area contributed by atoms with E-state index >= 15 is 0 Å². The van der Waals surface area contributed by atoms with Gasteiger partial charge < -0.3 is 14.5 Å². The van der Waals surface area contributed by atoms with Crippen LogP contribution in [-0.4, -0.2) is 69.1 Å². The summed E-state index contributed by atoms with van der Waals surface area (Å²) in [6.45, 7) is 2.45. The SMILES string of the molecule is COC[C@H]1CCCN(C(=O)C2=CN3CCS(=O)(=O)N=C3C=C2)C1. The average Bonchev–Trinajstić information content (AvgIpc) is 2.53. The van der Waals surface area contributed by atoms with Gasteiger partial charge in [0.05, 0.1) is 17.9 Å². The predicted molar refractivity (Wildman–Crippen MR) is 86.3 cm³/mol. The maximum absolute atomic E-state index is 12.7. The van der Waals surface area contributed by atoms with Crippen LogP contribution in [0.15, 0.2) is 28.3 Å². The van der Waals surface area contributed by atoms with E-state index < -0.39 is 10.0 Å². The Balaban J connectivity index is 1.72. The molecule has 1 saturated heterocycles. The van der Waals surface area contributed by atoms with Gasteiger partial charge in [0.25, 0.3) is 15.9 Å². The topological polar surface area (TPSA) is 79.3 Å². The van der Waals surface area contributed by atoms with Gasteiger partial charge in [-0.3, -0.25) is 4.79 Å². The lowest BCUT2D eigenvalue weighted by Crippen LogP contribution is -2.43. The molecule has 3 aliphatic rings. The van der Waals surface area contributed by atoms with Gasteiger partial charge in [0, 0.05) is 32.9 Å². The number of amides is 1. The summed E-state index contributed by atoms with van der Waals surface area (Å²) in [5, 5.41) is 0. The Labute approximate surface area is 136 Å². The van der Waals surface area contributed by atoms with E-state index in [1.165, 1.54) is 0 Å². The van der Waals surface area contributed by atoms with Crippen LogP contribution in [0.2, 0.25) is 0 Å². The second kappa shape index (κ2) is 6.45. The monoisotopic (exact) mass is 339 g/mol. The van der Waals surface area contributed by atoms with Gasteiger partial charge in [-0.15, -0.1) is 4.40 Å². The van der Waals surface area contributed by atoms with Crippen molar-refractivity contribution in [3.8, 4) is 0 Å². The number of likely N-dealkylation sites (tertiary alicyclic amines) is 1. The van der Waals surface area contributed by atoms with E-state index in [1.54, 1.807) is 30.4 Å². The Morgan fingerprint density at radius 3 is 3.00 bits per heavy atom. The van der Waals surface area contributed by atoms with Crippen LogP contribution in [0.5, 0.6) is 0 Å². The predicted octanol–water partition coefficient (Wildman–Crippen LogP) is 0.369. The van der Waals surface area contributed by atoms with Crippen molar-refractivity contribution < 1.29 is 17.9 Å². The summed E-state index contributed by atoms with van der Waals surface area (Å²) in [5.41, 5.74) is 0.571. The molecule has 0 unspecified atom stereocenters. The number of amidine groups is 1. The number of hydrogen-bond donors (Lipinski definition) is 0. The van der Waals surface area contributed by atoms with Crippen molar-refractivity contribution in [2.45, 2.75) is 12.8 Å². The molecule has 8 heteroatoms. The van der Waals surface area contributed by atoms with E-state index in [4.69, 9.17) is 4.74 Å². The Morgan fingerprint density at radius 2 is 2.22 bits per heavy atom. The molecule has 0 bridgehead atoms. The molecule has 0 aliphatic carbocycles. The van der Waals surface area contributed by atoms with E-state index in [9.17, 15) is 13.2 Å². The minimum absolute atomic E-state index is 0.0190. The second-order valence-electron chi connectivity index (χ2n) is 6.06. The van der Waals surface area contributed by atoms with Crippen LogP contribution < -0.4 is 0 Å². The van der Waals surface area contributed by atoms with E-state index in [0.29, 0.717) is 37.0 Å². The molecule has 1 fully saturated rings. The van der Waals surface area contributed by atoms with Crippen molar-refractivity contribution >= 4 is 21.8 Å². The first kappa shape index (κ1) is 16.2. The third-order valence-electron chi connectivity index (χ3n) is 4.28. The molecule has 1 atom stereocenters. The summed E-state index contributed by atoms with van der Waals surface area (Å²) in [5.74, 6) is 0.712. The normalized spacial score (nSPS) is 26.4. The van der Waals surface area contributed by atoms with Gasteiger partial charge in [-0.1, -0.05) is 0 Å². The first-order valence-electron chi connectivity index (χ1n) is 7.76. The van der Waals surface area contributed by atoms with Crippen LogP contribution >= 0.6 is 0 Å². The van der Waals surface area contributed by atoms with Crippen molar-refractivity contribution in [3.63, 3.8) is 0 Å². The summed E-state index contributed by atoms with van der Waals surface area (Å²) < 4.78 is 31.9. The fourth-order valence-electron chi connectivity index (χ4n) is 3.13. The molecule has 0 spiro atoms. The molecule has 3 rings (SSSR count). The molecular weight excluding hydrogens is 318 g/mol. The van der Waals surface area contributed by atoms with Crippen molar-refractivity contribution in [1.82, 2.24) is 9.80 Å². The van der Waals surface area contributed by atoms with E-state index in [-0.39, 0.29) is 11.7 Å². The van der Waals surface area contributed by atoms with E-state index in [0.717, 1.165) is 19.4 Å². The molecule has 23 heavy (non-hydrogen) atoms. The molecule has 0 aromatic heterocycles. The number of methoxy groups -OCH3 is 1. The Kier molecular flexibility index (Phi) is 4.54. The number of sulfonamides is 1. The fourth-order valence-corrected chi connectivity index (χ4v) is 4.10. The molecule has 3 aliphatic heterocycles. The molecule has 0 aromatic rings. The number of nitrogens with zero attached hydrogens (tertiary/aromatic N) is 3. The zero-order valence-electron chi connectivity index (χ0n) is 13.1. The van der Waals surface area contributed by atoms with E-state index in [2.05, 4.69) is 4.40 Å². The lowest BCUT2D eigenvalue weighted by atomic mass is 9.98. The second-order valence-corrected chi connectivity index (χ2v) is 7.82. The maximum Gasteiger partial charge on any atom is 0.256 e. The highest BCUT2D eigenvalue weighted by Gasteiger charge is 2.29. The average molecular weight is 339 g/mol. The quantitative estimate of drug-likeness (QED) is 0.742. The van der Waals surface area contributed by atoms with Crippen molar-refractivity contribution in [3.05, 3.63) is 23.9 Å². The third kappa shape index (κ3) is 3.64. The highest BCUT2D eigenvalue weighted by Crippen LogP contribution is 2.21. The largest absolute Gasteiger partial charge is 0.384 e. The fraction of sp³-hybridized carbons (Fsp3) is 0.600. The number of ether oxygens (including phenoxy) is 1. The Morgan fingerprint density at radius 1 is 1.39 bits per heavy atom. The molecule has 0 N–H and O–H groups in total. The van der Waals surface area contributed by atoms with Crippen LogP contribution in [0.4, 0.5) is 0 Å². The zero-order valence-corrected chi connectivity index (χ0v) is 14.0. The first-order valence-corrected chi connectivity index (χ1v) is 9.37. The Hall–Kier alpha value is -1.67. The standard InChI is InChI=1S/C15H21N3O4S/c1-22-11-12-3-2-6-18(9-12)15(19)13-4-5-14-16-23(20,21)8-7-17(14)10-13/h4-5,10,12H,2-3,6-9,11H2,1H3/t12-/m0/s1. The van der Waals surface area contributed by atoms with Gasteiger partial charge in [0.2, 0.25) is 0 Å². The third-order valence-corrected chi connectivity index (χ3v) is 5.44. The molecule has 0 aromatic carbocycles. The number of piperidine rings is 1. The highest BCUT2D eigenvalue weighted by molar-refractivity contribution is 7.90. The molecule has 1 amide bonds.